The van der Waals surface area contributed by atoms with Crippen LogP contribution in [0.1, 0.15) is 50.2 Å². The molecule has 26 heavy (non-hydrogen) atoms. The Morgan fingerprint density at radius 1 is 1.15 bits per heavy atom. The summed E-state index contributed by atoms with van der Waals surface area (Å²) >= 11 is 0. The van der Waals surface area contributed by atoms with Crippen LogP contribution in [0.25, 0.3) is 0 Å². The van der Waals surface area contributed by atoms with Gasteiger partial charge in [-0.05, 0) is 39.8 Å². The van der Waals surface area contributed by atoms with Gasteiger partial charge in [-0.25, -0.2) is 13.6 Å². The zero-order valence-electron chi connectivity index (χ0n) is 14.9. The minimum atomic E-state index is -2.87. The summed E-state index contributed by atoms with van der Waals surface area (Å²) in [5, 5.41) is 3.68. The fourth-order valence-electron chi connectivity index (χ4n) is 2.46. The molecule has 3 rings (SSSR count). The van der Waals surface area contributed by atoms with E-state index < -0.39 is 36.4 Å². The Hall–Kier alpha value is -2.26. The third kappa shape index (κ3) is 3.36. The Labute approximate surface area is 150 Å². The molecule has 1 aliphatic heterocycles. The largest absolute Gasteiger partial charge is 0.498 e. The van der Waals surface area contributed by atoms with Crippen LogP contribution in [0.3, 0.4) is 0 Å². The number of alkyl halides is 2. The Balaban J connectivity index is 1.87. The molecule has 0 radical (unpaired) electrons. The molecule has 1 fully saturated rings. The number of hydrogen-bond donors (Lipinski definition) is 0. The molecule has 2 aromatic rings. The van der Waals surface area contributed by atoms with Gasteiger partial charge in [-0.1, -0.05) is 23.0 Å². The average Bonchev–Trinajstić information content (AvgIpc) is 3.07. The van der Waals surface area contributed by atoms with Crippen molar-refractivity contribution in [3.05, 3.63) is 47.8 Å². The molecule has 0 spiro atoms. The van der Waals surface area contributed by atoms with Gasteiger partial charge in [0, 0.05) is 5.46 Å². The maximum absolute atomic E-state index is 13.4. The van der Waals surface area contributed by atoms with E-state index in [0.29, 0.717) is 0 Å². The second kappa shape index (κ2) is 6.48. The summed E-state index contributed by atoms with van der Waals surface area (Å²) in [5.74, 6) is -0.714. The number of nitrogens with zero attached hydrogens (tertiary/aromatic N) is 2. The molecule has 1 aromatic heterocycles. The standard InChI is InChI=1S/C17H19BF2N2O4/c1-16(2)17(3,4)26-18(25-16)12-10-22(21-13(12)14(19)20)24-15(23)11-8-6-5-7-9-11/h5-10,14H,1-4H3. The van der Waals surface area contributed by atoms with Gasteiger partial charge in [0.2, 0.25) is 0 Å². The number of carbonyl (C=O) groups excluding carboxylic acids is 1. The third-order valence-corrected chi connectivity index (χ3v) is 4.65. The van der Waals surface area contributed by atoms with E-state index in [1.54, 1.807) is 30.3 Å². The first-order chi connectivity index (χ1) is 12.1. The molecule has 0 unspecified atom stereocenters. The molecule has 0 N–H and O–H groups in total. The smallest absolute Gasteiger partial charge is 0.399 e. The van der Waals surface area contributed by atoms with E-state index in [1.165, 1.54) is 6.20 Å². The molecule has 0 amide bonds. The van der Waals surface area contributed by atoms with Gasteiger partial charge in [-0.15, -0.1) is 5.10 Å². The summed E-state index contributed by atoms with van der Waals surface area (Å²) in [6, 6.07) is 8.18. The van der Waals surface area contributed by atoms with Gasteiger partial charge < -0.3 is 14.1 Å². The van der Waals surface area contributed by atoms with Crippen LogP contribution >= 0.6 is 0 Å². The third-order valence-electron chi connectivity index (χ3n) is 4.65. The van der Waals surface area contributed by atoms with E-state index in [-0.39, 0.29) is 11.0 Å². The lowest BCUT2D eigenvalue weighted by molar-refractivity contribution is 0.00578. The van der Waals surface area contributed by atoms with Crippen molar-refractivity contribution in [3.63, 3.8) is 0 Å². The fraction of sp³-hybridized carbons (Fsp3) is 0.412. The van der Waals surface area contributed by atoms with Crippen LogP contribution < -0.4 is 10.3 Å². The van der Waals surface area contributed by atoms with Crippen LogP contribution in [-0.4, -0.2) is 34.2 Å². The first kappa shape index (κ1) is 18.5. The van der Waals surface area contributed by atoms with Gasteiger partial charge in [0.25, 0.3) is 6.43 Å². The zero-order chi connectivity index (χ0) is 19.1. The monoisotopic (exact) mass is 364 g/mol. The van der Waals surface area contributed by atoms with Gasteiger partial charge in [-0.3, -0.25) is 0 Å². The van der Waals surface area contributed by atoms with Crippen LogP contribution in [0.2, 0.25) is 0 Å². The average molecular weight is 364 g/mol. The summed E-state index contributed by atoms with van der Waals surface area (Å²) in [4.78, 5) is 17.9. The molecule has 9 heteroatoms. The van der Waals surface area contributed by atoms with Gasteiger partial charge in [0.1, 0.15) is 5.69 Å². The summed E-state index contributed by atoms with van der Waals surface area (Å²) < 4.78 is 38.4. The van der Waals surface area contributed by atoms with E-state index in [2.05, 4.69) is 5.10 Å². The van der Waals surface area contributed by atoms with E-state index in [4.69, 9.17) is 14.1 Å². The molecule has 0 saturated carbocycles. The zero-order valence-corrected chi connectivity index (χ0v) is 14.9. The quantitative estimate of drug-likeness (QED) is 0.780. The molecular formula is C17H19BF2N2O4. The van der Waals surface area contributed by atoms with E-state index in [0.717, 1.165) is 4.85 Å². The second-order valence-corrected chi connectivity index (χ2v) is 7.01. The molecule has 138 valence electrons. The molecule has 1 aromatic carbocycles. The lowest BCUT2D eigenvalue weighted by Gasteiger charge is -2.32. The number of carbonyl (C=O) groups is 1. The molecule has 1 saturated heterocycles. The van der Waals surface area contributed by atoms with Gasteiger partial charge in [-0.2, -0.15) is 0 Å². The van der Waals surface area contributed by atoms with Gasteiger partial charge in [0.15, 0.2) is 0 Å². The van der Waals surface area contributed by atoms with Gasteiger partial charge in [0.05, 0.1) is 23.0 Å². The van der Waals surface area contributed by atoms with Crippen LogP contribution in [0.15, 0.2) is 36.5 Å². The minimum absolute atomic E-state index is 0.0273. The highest BCUT2D eigenvalue weighted by Crippen LogP contribution is 2.37. The van der Waals surface area contributed by atoms with Crippen molar-refractivity contribution < 1.29 is 27.7 Å². The van der Waals surface area contributed by atoms with Crippen molar-refractivity contribution >= 4 is 18.6 Å². The predicted molar refractivity (Wildman–Crippen MR) is 90.3 cm³/mol. The maximum Gasteiger partial charge on any atom is 0.498 e. The van der Waals surface area contributed by atoms with Crippen molar-refractivity contribution in [3.8, 4) is 0 Å². The van der Waals surface area contributed by atoms with Crippen LogP contribution in [0.5, 0.6) is 0 Å². The van der Waals surface area contributed by atoms with E-state index >= 15 is 0 Å². The molecule has 0 bridgehead atoms. The lowest BCUT2D eigenvalue weighted by atomic mass is 9.79. The van der Waals surface area contributed by atoms with Crippen molar-refractivity contribution in [1.29, 1.82) is 0 Å². The predicted octanol–water partition coefficient (Wildman–Crippen LogP) is 2.39. The Morgan fingerprint density at radius 3 is 2.27 bits per heavy atom. The Morgan fingerprint density at radius 2 is 1.73 bits per heavy atom. The molecule has 0 atom stereocenters. The Bertz CT molecular complexity index is 792. The number of hydrogen-bond acceptors (Lipinski definition) is 5. The summed E-state index contributed by atoms with van der Waals surface area (Å²) in [6.07, 6.45) is -1.69. The van der Waals surface area contributed by atoms with Crippen molar-refractivity contribution in [2.75, 3.05) is 0 Å². The van der Waals surface area contributed by atoms with Crippen molar-refractivity contribution in [2.45, 2.75) is 45.3 Å². The molecular weight excluding hydrogens is 345 g/mol. The summed E-state index contributed by atoms with van der Waals surface area (Å²) in [5.41, 5.74) is -1.64. The first-order valence-corrected chi connectivity index (χ1v) is 8.12. The van der Waals surface area contributed by atoms with Crippen molar-refractivity contribution in [2.24, 2.45) is 0 Å². The number of benzene rings is 1. The van der Waals surface area contributed by atoms with Crippen molar-refractivity contribution in [1.82, 2.24) is 9.94 Å². The highest BCUT2D eigenvalue weighted by Gasteiger charge is 2.53. The molecule has 1 aliphatic rings. The highest BCUT2D eigenvalue weighted by molar-refractivity contribution is 6.62. The number of halogens is 2. The first-order valence-electron chi connectivity index (χ1n) is 8.12. The molecule has 6 nitrogen and oxygen atoms in total. The molecule has 2 heterocycles. The molecule has 0 aliphatic carbocycles. The number of rotatable bonds is 4. The minimum Gasteiger partial charge on any atom is -0.399 e. The van der Waals surface area contributed by atoms with E-state index in [9.17, 15) is 13.6 Å². The lowest BCUT2D eigenvalue weighted by Crippen LogP contribution is -2.41. The van der Waals surface area contributed by atoms with Crippen LogP contribution in [0, 0.1) is 0 Å². The van der Waals surface area contributed by atoms with Crippen LogP contribution in [-0.2, 0) is 9.31 Å². The topological polar surface area (TPSA) is 62.6 Å². The number of aromatic nitrogens is 2. The van der Waals surface area contributed by atoms with Gasteiger partial charge >= 0.3 is 13.1 Å². The second-order valence-electron chi connectivity index (χ2n) is 7.01. The highest BCUT2D eigenvalue weighted by atomic mass is 19.3. The summed E-state index contributed by atoms with van der Waals surface area (Å²) in [7, 11) is -1.03. The fourth-order valence-corrected chi connectivity index (χ4v) is 2.46. The van der Waals surface area contributed by atoms with E-state index in [1.807, 2.05) is 27.7 Å². The normalized spacial score (nSPS) is 18.3. The summed E-state index contributed by atoms with van der Waals surface area (Å²) in [6.45, 7) is 7.26. The Kier molecular flexibility index (Phi) is 4.62. The SMILES string of the molecule is CC1(C)OB(c2cn(OC(=O)c3ccccc3)nc2C(F)F)OC1(C)C. The van der Waals surface area contributed by atoms with Crippen LogP contribution in [0.4, 0.5) is 8.78 Å². The maximum atomic E-state index is 13.4.